The van der Waals surface area contributed by atoms with Gasteiger partial charge in [0.25, 0.3) is 5.91 Å². The summed E-state index contributed by atoms with van der Waals surface area (Å²) in [5, 5.41) is 0.393. The van der Waals surface area contributed by atoms with Crippen LogP contribution < -0.4 is 4.90 Å². The molecule has 0 aromatic heterocycles. The lowest BCUT2D eigenvalue weighted by atomic mass is 10.1. The highest BCUT2D eigenvalue weighted by Gasteiger charge is 2.31. The first-order valence-corrected chi connectivity index (χ1v) is 6.25. The molecule has 0 bridgehead atoms. The first-order valence-electron chi connectivity index (χ1n) is 5.87. The lowest BCUT2D eigenvalue weighted by Crippen LogP contribution is -2.30. The minimum absolute atomic E-state index is 0.0454. The van der Waals surface area contributed by atoms with Crippen LogP contribution in [0.4, 0.5) is 5.69 Å². The molecule has 2 aromatic rings. The molecule has 0 radical (unpaired) electrons. The van der Waals surface area contributed by atoms with Gasteiger partial charge in [-0.3, -0.25) is 14.5 Å². The number of hydrogen-bond donors (Lipinski definition) is 0. The topological polar surface area (TPSA) is 37.4 Å². The number of fused-ring (bicyclic) bond motifs is 1. The van der Waals surface area contributed by atoms with Gasteiger partial charge in [-0.1, -0.05) is 35.9 Å². The van der Waals surface area contributed by atoms with Crippen molar-refractivity contribution in [3.05, 3.63) is 64.7 Å². The average molecular weight is 272 g/mol. The summed E-state index contributed by atoms with van der Waals surface area (Å²) in [4.78, 5) is 25.8. The van der Waals surface area contributed by atoms with Gasteiger partial charge in [0.15, 0.2) is 5.78 Å². The highest BCUT2D eigenvalue weighted by molar-refractivity contribution is 6.35. The molecule has 19 heavy (non-hydrogen) atoms. The molecule has 4 heteroatoms. The van der Waals surface area contributed by atoms with E-state index in [1.54, 1.807) is 42.5 Å². The fraction of sp³-hybridized carbons (Fsp3) is 0.0667. The van der Waals surface area contributed by atoms with E-state index >= 15 is 0 Å². The number of carbonyl (C=O) groups is 2. The van der Waals surface area contributed by atoms with Crippen molar-refractivity contribution >= 4 is 29.0 Å². The molecule has 2 aromatic carbocycles. The molecule has 1 heterocycles. The van der Waals surface area contributed by atoms with Crippen molar-refractivity contribution < 1.29 is 9.59 Å². The average Bonchev–Trinajstić information content (AvgIpc) is 2.77. The summed E-state index contributed by atoms with van der Waals surface area (Å²) >= 11 is 6.03. The number of benzene rings is 2. The molecule has 0 saturated heterocycles. The largest absolute Gasteiger partial charge is 0.300 e. The molecule has 3 rings (SSSR count). The molecule has 0 atom stereocenters. The van der Waals surface area contributed by atoms with Gasteiger partial charge >= 0.3 is 0 Å². The standard InChI is InChI=1S/C15H10ClNO2/c16-12-7-3-1-5-10(12)15(19)17-9-14(18)11-6-2-4-8-13(11)17/h1-8H,9H2. The van der Waals surface area contributed by atoms with Crippen molar-refractivity contribution in [1.82, 2.24) is 0 Å². The zero-order chi connectivity index (χ0) is 13.4. The molecular weight excluding hydrogens is 262 g/mol. The lowest BCUT2D eigenvalue weighted by Gasteiger charge is -2.16. The number of ketones is 1. The molecule has 1 amide bonds. The van der Waals surface area contributed by atoms with Crippen LogP contribution in [0.15, 0.2) is 48.5 Å². The summed E-state index contributed by atoms with van der Waals surface area (Å²) in [6, 6.07) is 14.0. The molecular formula is C15H10ClNO2. The van der Waals surface area contributed by atoms with Gasteiger partial charge in [-0.15, -0.1) is 0 Å². The second-order valence-electron chi connectivity index (χ2n) is 4.31. The van der Waals surface area contributed by atoms with E-state index < -0.39 is 0 Å². The molecule has 3 nitrogen and oxygen atoms in total. The van der Waals surface area contributed by atoms with Gasteiger partial charge in [-0.2, -0.15) is 0 Å². The van der Waals surface area contributed by atoms with Crippen LogP contribution in [0.2, 0.25) is 5.02 Å². The highest BCUT2D eigenvalue weighted by atomic mass is 35.5. The second-order valence-corrected chi connectivity index (χ2v) is 4.72. The second kappa shape index (κ2) is 4.52. The molecule has 1 aliphatic rings. The van der Waals surface area contributed by atoms with Gasteiger partial charge in [0.2, 0.25) is 0 Å². The summed E-state index contributed by atoms with van der Waals surface area (Å²) in [6.45, 7) is 0.0728. The van der Waals surface area contributed by atoms with Crippen LogP contribution in [0.25, 0.3) is 0 Å². The maximum absolute atomic E-state index is 12.5. The van der Waals surface area contributed by atoms with E-state index in [1.165, 1.54) is 4.90 Å². The van der Waals surface area contributed by atoms with Crippen molar-refractivity contribution in [2.75, 3.05) is 11.4 Å². The van der Waals surface area contributed by atoms with Crippen molar-refractivity contribution in [3.8, 4) is 0 Å². The summed E-state index contributed by atoms with van der Waals surface area (Å²) in [5.41, 5.74) is 1.65. The van der Waals surface area contributed by atoms with E-state index in [1.807, 2.05) is 6.07 Å². The Morgan fingerprint density at radius 2 is 1.74 bits per heavy atom. The van der Waals surface area contributed by atoms with E-state index in [4.69, 9.17) is 11.6 Å². The van der Waals surface area contributed by atoms with Crippen LogP contribution >= 0.6 is 11.6 Å². The zero-order valence-corrected chi connectivity index (χ0v) is 10.7. The number of carbonyl (C=O) groups excluding carboxylic acids is 2. The fourth-order valence-electron chi connectivity index (χ4n) is 2.22. The summed E-state index contributed by atoms with van der Waals surface area (Å²) < 4.78 is 0. The minimum atomic E-state index is -0.246. The number of halogens is 1. The molecule has 0 aliphatic carbocycles. The van der Waals surface area contributed by atoms with Crippen molar-refractivity contribution in [2.45, 2.75) is 0 Å². The third kappa shape index (κ3) is 1.92. The van der Waals surface area contributed by atoms with E-state index in [2.05, 4.69) is 0 Å². The first-order chi connectivity index (χ1) is 9.18. The summed E-state index contributed by atoms with van der Waals surface area (Å²) in [6.07, 6.45) is 0. The van der Waals surface area contributed by atoms with Gasteiger partial charge in [0.05, 0.1) is 22.8 Å². The zero-order valence-electron chi connectivity index (χ0n) is 9.97. The van der Waals surface area contributed by atoms with Crippen LogP contribution in [0.5, 0.6) is 0 Å². The monoisotopic (exact) mass is 271 g/mol. The number of amides is 1. The Morgan fingerprint density at radius 1 is 1.05 bits per heavy atom. The Labute approximate surface area is 115 Å². The number of anilines is 1. The van der Waals surface area contributed by atoms with E-state index in [0.717, 1.165) is 0 Å². The quantitative estimate of drug-likeness (QED) is 0.799. The molecule has 0 unspecified atom stereocenters. The normalized spacial score (nSPS) is 13.5. The van der Waals surface area contributed by atoms with Crippen LogP contribution in [-0.4, -0.2) is 18.2 Å². The number of rotatable bonds is 1. The molecule has 1 aliphatic heterocycles. The summed E-state index contributed by atoms with van der Waals surface area (Å²) in [7, 11) is 0. The Balaban J connectivity index is 2.04. The molecule has 0 spiro atoms. The smallest absolute Gasteiger partial charge is 0.260 e. The van der Waals surface area contributed by atoms with Crippen molar-refractivity contribution in [2.24, 2.45) is 0 Å². The Bertz CT molecular complexity index is 681. The number of para-hydroxylation sites is 1. The fourth-order valence-corrected chi connectivity index (χ4v) is 2.44. The minimum Gasteiger partial charge on any atom is -0.300 e. The Hall–Kier alpha value is -2.13. The maximum Gasteiger partial charge on any atom is 0.260 e. The number of Topliss-reactive ketones (excluding diaryl/α,β-unsaturated/α-hetero) is 1. The third-order valence-electron chi connectivity index (χ3n) is 3.15. The van der Waals surface area contributed by atoms with Gasteiger partial charge in [0.1, 0.15) is 0 Å². The molecule has 0 N–H and O–H groups in total. The van der Waals surface area contributed by atoms with Crippen LogP contribution in [0.3, 0.4) is 0 Å². The number of hydrogen-bond acceptors (Lipinski definition) is 2. The first kappa shape index (κ1) is 11.9. The van der Waals surface area contributed by atoms with E-state index in [-0.39, 0.29) is 18.2 Å². The van der Waals surface area contributed by atoms with Crippen LogP contribution in [0, 0.1) is 0 Å². The Morgan fingerprint density at radius 3 is 2.53 bits per heavy atom. The van der Waals surface area contributed by atoms with Crippen molar-refractivity contribution in [3.63, 3.8) is 0 Å². The third-order valence-corrected chi connectivity index (χ3v) is 3.48. The number of nitrogens with zero attached hydrogens (tertiary/aromatic N) is 1. The maximum atomic E-state index is 12.5. The van der Waals surface area contributed by atoms with Gasteiger partial charge < -0.3 is 0 Å². The van der Waals surface area contributed by atoms with E-state index in [0.29, 0.717) is 21.8 Å². The lowest BCUT2D eigenvalue weighted by molar-refractivity contribution is 0.0951. The summed E-state index contributed by atoms with van der Waals surface area (Å²) in [5.74, 6) is -0.292. The predicted molar refractivity (Wildman–Crippen MR) is 73.9 cm³/mol. The molecule has 94 valence electrons. The predicted octanol–water partition coefficient (Wildman–Crippen LogP) is 3.18. The van der Waals surface area contributed by atoms with Gasteiger partial charge in [-0.25, -0.2) is 0 Å². The van der Waals surface area contributed by atoms with Crippen molar-refractivity contribution in [1.29, 1.82) is 0 Å². The Kier molecular flexibility index (Phi) is 2.84. The molecule has 0 saturated carbocycles. The highest BCUT2D eigenvalue weighted by Crippen LogP contribution is 2.30. The van der Waals surface area contributed by atoms with E-state index in [9.17, 15) is 9.59 Å². The van der Waals surface area contributed by atoms with Gasteiger partial charge in [-0.05, 0) is 24.3 Å². The van der Waals surface area contributed by atoms with Crippen LogP contribution in [-0.2, 0) is 0 Å². The SMILES string of the molecule is O=C1CN(C(=O)c2ccccc2Cl)c2ccccc21. The van der Waals surface area contributed by atoms with Crippen LogP contribution in [0.1, 0.15) is 20.7 Å². The molecule has 0 fully saturated rings. The van der Waals surface area contributed by atoms with Gasteiger partial charge in [0, 0.05) is 5.56 Å².